The summed E-state index contributed by atoms with van der Waals surface area (Å²) in [5.74, 6) is 3.21. The molecule has 1 heteroatoms. The highest BCUT2D eigenvalue weighted by atomic mass is 16.5. The third-order valence-corrected chi connectivity index (χ3v) is 1.46. The molecule has 0 saturated carbocycles. The number of rotatable bonds is 0. The minimum absolute atomic E-state index is 0.490. The van der Waals surface area contributed by atoms with Gasteiger partial charge in [0, 0.05) is 19.1 Å². The second-order valence-corrected chi connectivity index (χ2v) is 2.05. The summed E-state index contributed by atoms with van der Waals surface area (Å²) in [4.78, 5) is 0. The van der Waals surface area contributed by atoms with Gasteiger partial charge in [-0.2, -0.15) is 0 Å². The van der Waals surface area contributed by atoms with Gasteiger partial charge in [0.25, 0.3) is 0 Å². The minimum atomic E-state index is 0.490. The van der Waals surface area contributed by atoms with Crippen molar-refractivity contribution >= 4 is 0 Å². The van der Waals surface area contributed by atoms with Gasteiger partial charge in [-0.15, -0.1) is 12.3 Å². The van der Waals surface area contributed by atoms with Gasteiger partial charge in [0.15, 0.2) is 0 Å². The molecule has 0 bridgehead atoms. The summed E-state index contributed by atoms with van der Waals surface area (Å²) in [5.41, 5.74) is 0. The highest BCUT2D eigenvalue weighted by Gasteiger charge is 2.09. The molecule has 0 aromatic carbocycles. The summed E-state index contributed by atoms with van der Waals surface area (Å²) in [5, 5.41) is 0. The SMILES string of the molecule is C#CC1CCOCC1.CC. The molecule has 1 nitrogen and oxygen atoms in total. The van der Waals surface area contributed by atoms with E-state index in [-0.39, 0.29) is 0 Å². The molecule has 1 saturated heterocycles. The molecule has 1 fully saturated rings. The normalized spacial score (nSPS) is 18.5. The van der Waals surface area contributed by atoms with Crippen molar-refractivity contribution in [2.75, 3.05) is 13.2 Å². The quantitative estimate of drug-likeness (QED) is 0.468. The molecule has 58 valence electrons. The lowest BCUT2D eigenvalue weighted by Gasteiger charge is -2.15. The molecule has 1 rings (SSSR count). The fraction of sp³-hybridized carbons (Fsp3) is 0.778. The molecule has 0 atom stereocenters. The van der Waals surface area contributed by atoms with Crippen LogP contribution in [0.2, 0.25) is 0 Å². The molecular weight excluding hydrogens is 124 g/mol. The molecule has 1 aliphatic heterocycles. The van der Waals surface area contributed by atoms with Crippen LogP contribution in [0.5, 0.6) is 0 Å². The summed E-state index contributed by atoms with van der Waals surface area (Å²) >= 11 is 0. The van der Waals surface area contributed by atoms with E-state index in [0.717, 1.165) is 26.1 Å². The number of ether oxygens (including phenoxy) is 1. The summed E-state index contributed by atoms with van der Waals surface area (Å²) < 4.78 is 5.11. The van der Waals surface area contributed by atoms with Crippen molar-refractivity contribution < 1.29 is 4.74 Å². The van der Waals surface area contributed by atoms with Crippen LogP contribution in [-0.4, -0.2) is 13.2 Å². The maximum absolute atomic E-state index is 5.20. The summed E-state index contributed by atoms with van der Waals surface area (Å²) in [6.07, 6.45) is 7.30. The average molecular weight is 140 g/mol. The Hall–Kier alpha value is -0.480. The van der Waals surface area contributed by atoms with E-state index in [9.17, 15) is 0 Å². The number of hydrogen-bond donors (Lipinski definition) is 0. The van der Waals surface area contributed by atoms with Gasteiger partial charge in [-0.25, -0.2) is 0 Å². The zero-order valence-corrected chi connectivity index (χ0v) is 6.89. The Labute approximate surface area is 63.8 Å². The average Bonchev–Trinajstić information content (AvgIpc) is 2.10. The molecule has 0 aliphatic carbocycles. The van der Waals surface area contributed by atoms with E-state index in [1.165, 1.54) is 0 Å². The van der Waals surface area contributed by atoms with Crippen LogP contribution in [0.4, 0.5) is 0 Å². The van der Waals surface area contributed by atoms with E-state index in [1.807, 2.05) is 13.8 Å². The van der Waals surface area contributed by atoms with E-state index in [1.54, 1.807) is 0 Å². The molecule has 10 heavy (non-hydrogen) atoms. The Morgan fingerprint density at radius 1 is 1.30 bits per heavy atom. The first-order valence-corrected chi connectivity index (χ1v) is 3.97. The molecule has 1 aliphatic rings. The van der Waals surface area contributed by atoms with Gasteiger partial charge in [-0.05, 0) is 12.8 Å². The lowest BCUT2D eigenvalue weighted by molar-refractivity contribution is 0.0807. The zero-order valence-electron chi connectivity index (χ0n) is 6.89. The third kappa shape index (κ3) is 3.53. The lowest BCUT2D eigenvalue weighted by Crippen LogP contribution is -2.13. The largest absolute Gasteiger partial charge is 0.381 e. The highest BCUT2D eigenvalue weighted by molar-refractivity contribution is 4.93. The van der Waals surface area contributed by atoms with Crippen LogP contribution in [-0.2, 0) is 4.74 Å². The predicted octanol–water partition coefficient (Wildman–Crippen LogP) is 2.07. The van der Waals surface area contributed by atoms with Crippen LogP contribution in [0, 0.1) is 18.3 Å². The molecule has 0 radical (unpaired) electrons. The minimum Gasteiger partial charge on any atom is -0.381 e. The number of hydrogen-bond acceptors (Lipinski definition) is 1. The van der Waals surface area contributed by atoms with Crippen molar-refractivity contribution in [1.82, 2.24) is 0 Å². The lowest BCUT2D eigenvalue weighted by atomic mass is 10.0. The van der Waals surface area contributed by atoms with Crippen molar-refractivity contribution in [3.8, 4) is 12.3 Å². The predicted molar refractivity (Wildman–Crippen MR) is 43.7 cm³/mol. The summed E-state index contributed by atoms with van der Waals surface area (Å²) in [7, 11) is 0. The standard InChI is InChI=1S/C7H10O.C2H6/c1-2-7-3-5-8-6-4-7;1-2/h1,7H,3-6H2;1-2H3. The van der Waals surface area contributed by atoms with Crippen LogP contribution in [0.15, 0.2) is 0 Å². The smallest absolute Gasteiger partial charge is 0.0477 e. The van der Waals surface area contributed by atoms with Gasteiger partial charge < -0.3 is 4.74 Å². The van der Waals surface area contributed by atoms with Crippen molar-refractivity contribution in [3.63, 3.8) is 0 Å². The summed E-state index contributed by atoms with van der Waals surface area (Å²) in [6.45, 7) is 5.71. The molecular formula is C9H16O. The highest BCUT2D eigenvalue weighted by Crippen LogP contribution is 2.11. The van der Waals surface area contributed by atoms with E-state index in [2.05, 4.69) is 5.92 Å². The first-order chi connectivity index (χ1) is 4.93. The van der Waals surface area contributed by atoms with E-state index in [0.29, 0.717) is 5.92 Å². The van der Waals surface area contributed by atoms with E-state index in [4.69, 9.17) is 11.2 Å². The third-order valence-electron chi connectivity index (χ3n) is 1.46. The Bertz CT molecular complexity index is 95.8. The van der Waals surface area contributed by atoms with Crippen LogP contribution in [0.1, 0.15) is 26.7 Å². The van der Waals surface area contributed by atoms with Gasteiger partial charge in [0.1, 0.15) is 0 Å². The zero-order chi connectivity index (χ0) is 7.82. The maximum atomic E-state index is 5.20. The van der Waals surface area contributed by atoms with Crippen molar-refractivity contribution in [2.24, 2.45) is 5.92 Å². The maximum Gasteiger partial charge on any atom is 0.0477 e. The molecule has 0 aromatic heterocycles. The van der Waals surface area contributed by atoms with Crippen LogP contribution >= 0.6 is 0 Å². The molecule has 0 N–H and O–H groups in total. The van der Waals surface area contributed by atoms with Gasteiger partial charge in [-0.1, -0.05) is 13.8 Å². The first-order valence-electron chi connectivity index (χ1n) is 3.97. The Kier molecular flexibility index (Phi) is 6.32. The first kappa shape index (κ1) is 9.52. The topological polar surface area (TPSA) is 9.23 Å². The van der Waals surface area contributed by atoms with Gasteiger partial charge >= 0.3 is 0 Å². The number of terminal acetylenes is 1. The van der Waals surface area contributed by atoms with Crippen molar-refractivity contribution in [2.45, 2.75) is 26.7 Å². The fourth-order valence-electron chi connectivity index (χ4n) is 0.864. The Morgan fingerprint density at radius 3 is 2.10 bits per heavy atom. The van der Waals surface area contributed by atoms with Crippen molar-refractivity contribution in [1.29, 1.82) is 0 Å². The molecule has 0 spiro atoms. The van der Waals surface area contributed by atoms with Gasteiger partial charge in [-0.3, -0.25) is 0 Å². The van der Waals surface area contributed by atoms with E-state index < -0.39 is 0 Å². The molecule has 1 heterocycles. The fourth-order valence-corrected chi connectivity index (χ4v) is 0.864. The summed E-state index contributed by atoms with van der Waals surface area (Å²) in [6, 6.07) is 0. The molecule has 0 amide bonds. The second-order valence-electron chi connectivity index (χ2n) is 2.05. The van der Waals surface area contributed by atoms with Crippen LogP contribution < -0.4 is 0 Å². The monoisotopic (exact) mass is 140 g/mol. The Morgan fingerprint density at radius 2 is 1.80 bits per heavy atom. The molecule has 0 unspecified atom stereocenters. The van der Waals surface area contributed by atoms with Gasteiger partial charge in [0.2, 0.25) is 0 Å². The molecule has 0 aromatic rings. The van der Waals surface area contributed by atoms with Crippen LogP contribution in [0.3, 0.4) is 0 Å². The Balaban J connectivity index is 0.000000371. The van der Waals surface area contributed by atoms with E-state index >= 15 is 0 Å². The second kappa shape index (κ2) is 6.64. The van der Waals surface area contributed by atoms with Gasteiger partial charge in [0.05, 0.1) is 0 Å². The van der Waals surface area contributed by atoms with Crippen LogP contribution in [0.25, 0.3) is 0 Å². The van der Waals surface area contributed by atoms with Crippen molar-refractivity contribution in [3.05, 3.63) is 0 Å².